The Morgan fingerprint density at radius 3 is 2.89 bits per heavy atom. The van der Waals surface area contributed by atoms with Gasteiger partial charge in [0.2, 0.25) is 0 Å². The number of fused-ring (bicyclic) bond motifs is 1. The van der Waals surface area contributed by atoms with E-state index < -0.39 is 5.76 Å². The first kappa shape index (κ1) is 10.6. The van der Waals surface area contributed by atoms with Crippen molar-refractivity contribution in [2.24, 2.45) is 7.05 Å². The lowest BCUT2D eigenvalue weighted by atomic mass is 10.2. The van der Waals surface area contributed by atoms with E-state index in [4.69, 9.17) is 9.15 Å². The predicted octanol–water partition coefficient (Wildman–Crippen LogP) is 1.53. The van der Waals surface area contributed by atoms with Gasteiger partial charge in [0, 0.05) is 18.0 Å². The Morgan fingerprint density at radius 2 is 2.22 bits per heavy atom. The molecule has 0 aliphatic carbocycles. The summed E-state index contributed by atoms with van der Waals surface area (Å²) in [6, 6.07) is 7.65. The van der Waals surface area contributed by atoms with Crippen LogP contribution in [0.25, 0.3) is 22.5 Å². The highest BCUT2D eigenvalue weighted by molar-refractivity contribution is 5.86. The molecule has 0 bridgehead atoms. The van der Waals surface area contributed by atoms with Crippen molar-refractivity contribution in [1.82, 2.24) is 14.8 Å². The molecule has 2 heterocycles. The summed E-state index contributed by atoms with van der Waals surface area (Å²) in [4.78, 5) is 11.0. The molecule has 0 aliphatic heterocycles. The molecule has 3 rings (SSSR count). The molecule has 1 N–H and O–H groups in total. The molecular formula is C12H11N3O3. The van der Waals surface area contributed by atoms with E-state index in [0.717, 1.165) is 22.3 Å². The molecule has 1 aromatic carbocycles. The van der Waals surface area contributed by atoms with E-state index in [2.05, 4.69) is 10.2 Å². The molecule has 18 heavy (non-hydrogen) atoms. The number of methoxy groups -OCH3 is 1. The van der Waals surface area contributed by atoms with Crippen LogP contribution < -0.4 is 10.5 Å². The first-order valence-electron chi connectivity index (χ1n) is 5.38. The van der Waals surface area contributed by atoms with Gasteiger partial charge in [0.1, 0.15) is 11.4 Å². The molecule has 0 saturated carbocycles. The second-order valence-electron chi connectivity index (χ2n) is 3.93. The molecule has 0 atom stereocenters. The molecule has 0 unspecified atom stereocenters. The number of aromatic amines is 1. The zero-order valence-electron chi connectivity index (χ0n) is 9.93. The highest BCUT2D eigenvalue weighted by Gasteiger charge is 2.13. The number of aromatic nitrogens is 3. The first-order chi connectivity index (χ1) is 8.69. The second kappa shape index (κ2) is 3.76. The summed E-state index contributed by atoms with van der Waals surface area (Å²) in [7, 11) is 3.51. The molecular weight excluding hydrogens is 234 g/mol. The fourth-order valence-electron chi connectivity index (χ4n) is 2.00. The highest BCUT2D eigenvalue weighted by Crippen LogP contribution is 2.27. The van der Waals surface area contributed by atoms with Crippen LogP contribution in [0.3, 0.4) is 0 Å². The van der Waals surface area contributed by atoms with Crippen molar-refractivity contribution < 1.29 is 9.15 Å². The number of H-pyrrole nitrogens is 1. The third-order valence-electron chi connectivity index (χ3n) is 2.91. The monoisotopic (exact) mass is 245 g/mol. The lowest BCUT2D eigenvalue weighted by Gasteiger charge is -2.01. The fourth-order valence-corrected chi connectivity index (χ4v) is 2.00. The summed E-state index contributed by atoms with van der Waals surface area (Å²) in [6.45, 7) is 0. The summed E-state index contributed by atoms with van der Waals surface area (Å²) in [5.74, 6) is 0.494. The van der Waals surface area contributed by atoms with Crippen molar-refractivity contribution in [2.45, 2.75) is 0 Å². The maximum absolute atomic E-state index is 11.0. The van der Waals surface area contributed by atoms with E-state index in [1.54, 1.807) is 7.11 Å². The number of aryl methyl sites for hydroxylation is 1. The molecule has 6 nitrogen and oxygen atoms in total. The van der Waals surface area contributed by atoms with Gasteiger partial charge in [0.25, 0.3) is 5.89 Å². The fraction of sp³-hybridized carbons (Fsp3) is 0.167. The molecule has 0 radical (unpaired) electrons. The smallest absolute Gasteiger partial charge is 0.434 e. The van der Waals surface area contributed by atoms with Crippen molar-refractivity contribution in [2.75, 3.05) is 7.11 Å². The van der Waals surface area contributed by atoms with E-state index >= 15 is 0 Å². The summed E-state index contributed by atoms with van der Waals surface area (Å²) in [5, 5.41) is 7.08. The third kappa shape index (κ3) is 1.50. The van der Waals surface area contributed by atoms with Gasteiger partial charge in [-0.05, 0) is 24.3 Å². The Bertz CT molecular complexity index is 766. The van der Waals surface area contributed by atoms with Crippen LogP contribution in [-0.4, -0.2) is 21.9 Å². The van der Waals surface area contributed by atoms with Gasteiger partial charge in [-0.1, -0.05) is 0 Å². The number of hydrogen-bond acceptors (Lipinski definition) is 4. The maximum Gasteiger partial charge on any atom is 0.434 e. The van der Waals surface area contributed by atoms with Crippen LogP contribution in [0.1, 0.15) is 0 Å². The van der Waals surface area contributed by atoms with Crippen LogP contribution in [0.4, 0.5) is 0 Å². The van der Waals surface area contributed by atoms with Crippen molar-refractivity contribution in [3.05, 3.63) is 34.8 Å². The summed E-state index contributed by atoms with van der Waals surface area (Å²) < 4.78 is 12.0. The lowest BCUT2D eigenvalue weighted by molar-refractivity contribution is 0.415. The maximum atomic E-state index is 11.0. The Hall–Kier alpha value is -2.50. The predicted molar refractivity (Wildman–Crippen MR) is 65.6 cm³/mol. The Kier molecular flexibility index (Phi) is 2.22. The van der Waals surface area contributed by atoms with Crippen molar-refractivity contribution >= 4 is 10.9 Å². The topological polar surface area (TPSA) is 73.1 Å². The lowest BCUT2D eigenvalue weighted by Crippen LogP contribution is -1.94. The molecule has 0 fully saturated rings. The van der Waals surface area contributed by atoms with Crippen molar-refractivity contribution in [3.8, 4) is 17.3 Å². The van der Waals surface area contributed by atoms with E-state index in [0.29, 0.717) is 0 Å². The Balaban J connectivity index is 2.25. The normalized spacial score (nSPS) is 11.0. The van der Waals surface area contributed by atoms with Gasteiger partial charge < -0.3 is 13.7 Å². The van der Waals surface area contributed by atoms with Crippen LogP contribution in [0.15, 0.2) is 33.5 Å². The van der Waals surface area contributed by atoms with Gasteiger partial charge in [-0.15, -0.1) is 5.10 Å². The average molecular weight is 245 g/mol. The Labute approximate surface area is 102 Å². The largest absolute Gasteiger partial charge is 0.497 e. The van der Waals surface area contributed by atoms with Crippen LogP contribution >= 0.6 is 0 Å². The first-order valence-corrected chi connectivity index (χ1v) is 5.38. The SMILES string of the molecule is COc1ccc2c(c1)cc(-c1n[nH]c(=O)o1)n2C. The van der Waals surface area contributed by atoms with Crippen molar-refractivity contribution in [1.29, 1.82) is 0 Å². The summed E-state index contributed by atoms with van der Waals surface area (Å²) in [5.41, 5.74) is 1.74. The molecule has 2 aromatic heterocycles. The minimum atomic E-state index is -0.562. The number of ether oxygens (including phenoxy) is 1. The van der Waals surface area contributed by atoms with Crippen LogP contribution in [0, 0.1) is 0 Å². The van der Waals surface area contributed by atoms with Gasteiger partial charge in [0.05, 0.1) is 7.11 Å². The standard InChI is InChI=1S/C12H11N3O3/c1-15-9-4-3-8(17-2)5-7(9)6-10(15)11-13-14-12(16)18-11/h3-6H,1-2H3,(H,14,16). The number of benzene rings is 1. The second-order valence-corrected chi connectivity index (χ2v) is 3.93. The van der Waals surface area contributed by atoms with Gasteiger partial charge in [0.15, 0.2) is 0 Å². The van der Waals surface area contributed by atoms with E-state index in [-0.39, 0.29) is 5.89 Å². The van der Waals surface area contributed by atoms with Crippen LogP contribution in [-0.2, 0) is 7.05 Å². The summed E-state index contributed by atoms with van der Waals surface area (Å²) in [6.07, 6.45) is 0. The third-order valence-corrected chi connectivity index (χ3v) is 2.91. The number of rotatable bonds is 2. The molecule has 0 amide bonds. The minimum absolute atomic E-state index is 0.276. The van der Waals surface area contributed by atoms with Gasteiger partial charge in [-0.2, -0.15) is 0 Å². The van der Waals surface area contributed by atoms with Gasteiger partial charge in [-0.3, -0.25) is 0 Å². The quantitative estimate of drug-likeness (QED) is 0.743. The molecule has 0 spiro atoms. The van der Waals surface area contributed by atoms with E-state index in [1.807, 2.05) is 35.9 Å². The van der Waals surface area contributed by atoms with Crippen molar-refractivity contribution in [3.63, 3.8) is 0 Å². The van der Waals surface area contributed by atoms with E-state index in [1.165, 1.54) is 0 Å². The molecule has 3 aromatic rings. The zero-order chi connectivity index (χ0) is 12.7. The molecule has 6 heteroatoms. The van der Waals surface area contributed by atoms with Crippen LogP contribution in [0.2, 0.25) is 0 Å². The van der Waals surface area contributed by atoms with Crippen LogP contribution in [0.5, 0.6) is 5.75 Å². The average Bonchev–Trinajstić information content (AvgIpc) is 2.93. The minimum Gasteiger partial charge on any atom is -0.497 e. The Morgan fingerprint density at radius 1 is 1.39 bits per heavy atom. The molecule has 92 valence electrons. The van der Waals surface area contributed by atoms with E-state index in [9.17, 15) is 4.79 Å². The molecule has 0 aliphatic rings. The van der Waals surface area contributed by atoms with Gasteiger partial charge in [-0.25, -0.2) is 9.89 Å². The van der Waals surface area contributed by atoms with Gasteiger partial charge >= 0.3 is 5.76 Å². The number of nitrogens with zero attached hydrogens (tertiary/aromatic N) is 2. The number of nitrogens with one attached hydrogen (secondary N) is 1. The zero-order valence-corrected chi connectivity index (χ0v) is 9.93. The highest BCUT2D eigenvalue weighted by atomic mass is 16.5. The number of hydrogen-bond donors (Lipinski definition) is 1. The summed E-state index contributed by atoms with van der Waals surface area (Å²) >= 11 is 0. The molecule has 0 saturated heterocycles.